The maximum absolute atomic E-state index is 13.2. The Morgan fingerprint density at radius 1 is 1.52 bits per heavy atom. The van der Waals surface area contributed by atoms with Crippen LogP contribution in [0.25, 0.3) is 0 Å². The Bertz CT molecular complexity index is 738. The van der Waals surface area contributed by atoms with E-state index in [-0.39, 0.29) is 18.1 Å². The first-order valence-corrected chi connectivity index (χ1v) is 8.49. The SMILES string of the molecule is COCCN(Cc1ccnn1C)C(=O)c1n[nH]c2c1C[C@H](C)O[C@@H]2C. The molecule has 0 fully saturated rings. The number of nitrogens with one attached hydrogen (secondary N) is 1. The Hall–Kier alpha value is -2.19. The van der Waals surface area contributed by atoms with Crippen molar-refractivity contribution in [3.63, 3.8) is 0 Å². The minimum Gasteiger partial charge on any atom is -0.383 e. The highest BCUT2D eigenvalue weighted by Crippen LogP contribution is 2.30. The summed E-state index contributed by atoms with van der Waals surface area (Å²) in [4.78, 5) is 14.9. The van der Waals surface area contributed by atoms with Crippen LogP contribution in [-0.4, -0.2) is 57.2 Å². The van der Waals surface area contributed by atoms with E-state index >= 15 is 0 Å². The summed E-state index contributed by atoms with van der Waals surface area (Å²) < 4.78 is 12.7. The van der Waals surface area contributed by atoms with Crippen LogP contribution < -0.4 is 0 Å². The van der Waals surface area contributed by atoms with Crippen LogP contribution in [0.15, 0.2) is 12.3 Å². The van der Waals surface area contributed by atoms with Crippen LogP contribution in [0.1, 0.15) is 47.4 Å². The van der Waals surface area contributed by atoms with Crippen LogP contribution in [-0.2, 0) is 29.5 Å². The zero-order chi connectivity index (χ0) is 18.0. The highest BCUT2D eigenvalue weighted by Gasteiger charge is 2.31. The molecule has 0 saturated carbocycles. The lowest BCUT2D eigenvalue weighted by Gasteiger charge is -2.26. The van der Waals surface area contributed by atoms with Crippen LogP contribution in [0.2, 0.25) is 0 Å². The number of aromatic amines is 1. The predicted octanol–water partition coefficient (Wildman–Crippen LogP) is 1.45. The van der Waals surface area contributed by atoms with Gasteiger partial charge in [0.1, 0.15) is 0 Å². The zero-order valence-electron chi connectivity index (χ0n) is 15.2. The number of H-pyrrole nitrogens is 1. The smallest absolute Gasteiger partial charge is 0.275 e. The Balaban J connectivity index is 1.86. The topological polar surface area (TPSA) is 85.3 Å². The van der Waals surface area contributed by atoms with Crippen molar-refractivity contribution < 1.29 is 14.3 Å². The van der Waals surface area contributed by atoms with Gasteiger partial charge in [0.05, 0.1) is 36.7 Å². The lowest BCUT2D eigenvalue weighted by atomic mass is 9.99. The van der Waals surface area contributed by atoms with Gasteiger partial charge >= 0.3 is 0 Å². The molecule has 0 bridgehead atoms. The maximum Gasteiger partial charge on any atom is 0.275 e. The van der Waals surface area contributed by atoms with Crippen molar-refractivity contribution in [2.24, 2.45) is 7.05 Å². The number of nitrogens with zero attached hydrogens (tertiary/aromatic N) is 4. The first-order valence-electron chi connectivity index (χ1n) is 8.49. The first-order chi connectivity index (χ1) is 12.0. The molecule has 3 heterocycles. The fourth-order valence-electron chi connectivity index (χ4n) is 3.21. The van der Waals surface area contributed by atoms with E-state index in [4.69, 9.17) is 9.47 Å². The van der Waals surface area contributed by atoms with Gasteiger partial charge < -0.3 is 14.4 Å². The number of fused-ring (bicyclic) bond motifs is 1. The summed E-state index contributed by atoms with van der Waals surface area (Å²) in [5.74, 6) is -0.1000. The van der Waals surface area contributed by atoms with Gasteiger partial charge in [0.25, 0.3) is 5.91 Å². The molecule has 1 aliphatic rings. The van der Waals surface area contributed by atoms with E-state index in [1.807, 2.05) is 27.0 Å². The lowest BCUT2D eigenvalue weighted by Crippen LogP contribution is -2.35. The minimum absolute atomic E-state index is 0.0659. The second kappa shape index (κ2) is 7.37. The predicted molar refractivity (Wildman–Crippen MR) is 91.1 cm³/mol. The number of amides is 1. The molecule has 0 spiro atoms. The molecule has 0 saturated heterocycles. The summed E-state index contributed by atoms with van der Waals surface area (Å²) >= 11 is 0. The minimum atomic E-state index is -0.1000. The molecule has 1 N–H and O–H groups in total. The number of carbonyl (C=O) groups excluding carboxylic acids is 1. The molecule has 25 heavy (non-hydrogen) atoms. The Kier molecular flexibility index (Phi) is 5.19. The normalized spacial score (nSPS) is 19.7. The Labute approximate surface area is 147 Å². The standard InChI is InChI=1S/C17H25N5O3/c1-11-9-14-15(12(2)25-11)19-20-16(14)17(23)22(7-8-24-4)10-13-5-6-18-21(13)3/h5-6,11-12H,7-10H2,1-4H3,(H,19,20)/t11-,12+/m0/s1. The maximum atomic E-state index is 13.2. The Morgan fingerprint density at radius 3 is 3.00 bits per heavy atom. The zero-order valence-corrected chi connectivity index (χ0v) is 15.2. The van der Waals surface area contributed by atoms with Gasteiger partial charge in [0.15, 0.2) is 5.69 Å². The highest BCUT2D eigenvalue weighted by atomic mass is 16.5. The molecule has 2 aromatic heterocycles. The van der Waals surface area contributed by atoms with Crippen LogP contribution in [0.4, 0.5) is 0 Å². The van der Waals surface area contributed by atoms with Crippen LogP contribution >= 0.6 is 0 Å². The number of hydrogen-bond donors (Lipinski definition) is 1. The molecule has 1 amide bonds. The summed E-state index contributed by atoms with van der Waals surface area (Å²) in [6.07, 6.45) is 2.39. The molecule has 0 radical (unpaired) electrons. The third-order valence-electron chi connectivity index (χ3n) is 4.56. The van der Waals surface area contributed by atoms with E-state index in [0.717, 1.165) is 17.0 Å². The summed E-state index contributed by atoms with van der Waals surface area (Å²) in [6, 6.07) is 1.91. The quantitative estimate of drug-likeness (QED) is 0.855. The van der Waals surface area contributed by atoms with E-state index in [1.54, 1.807) is 22.9 Å². The van der Waals surface area contributed by atoms with Gasteiger partial charge in [-0.2, -0.15) is 10.2 Å². The van der Waals surface area contributed by atoms with Gasteiger partial charge in [-0.1, -0.05) is 0 Å². The molecular weight excluding hydrogens is 322 g/mol. The van der Waals surface area contributed by atoms with Crippen molar-refractivity contribution in [2.45, 2.75) is 39.0 Å². The van der Waals surface area contributed by atoms with Gasteiger partial charge in [0, 0.05) is 38.9 Å². The molecule has 8 heteroatoms. The molecule has 2 atom stereocenters. The average molecular weight is 347 g/mol. The van der Waals surface area contributed by atoms with Gasteiger partial charge in [-0.15, -0.1) is 0 Å². The van der Waals surface area contributed by atoms with Crippen molar-refractivity contribution in [3.8, 4) is 0 Å². The van der Waals surface area contributed by atoms with Gasteiger partial charge in [-0.05, 0) is 19.9 Å². The van der Waals surface area contributed by atoms with Gasteiger partial charge in [0.2, 0.25) is 0 Å². The fourth-order valence-corrected chi connectivity index (χ4v) is 3.21. The summed E-state index contributed by atoms with van der Waals surface area (Å²) in [5.41, 5.74) is 3.30. The van der Waals surface area contributed by atoms with Crippen molar-refractivity contribution in [1.29, 1.82) is 0 Å². The second-order valence-electron chi connectivity index (χ2n) is 6.42. The van der Waals surface area contributed by atoms with Crippen LogP contribution in [0.5, 0.6) is 0 Å². The summed E-state index contributed by atoms with van der Waals surface area (Å²) in [5, 5.41) is 11.5. The van der Waals surface area contributed by atoms with Crippen LogP contribution in [0, 0.1) is 0 Å². The molecular formula is C17H25N5O3. The number of methoxy groups -OCH3 is 1. The largest absolute Gasteiger partial charge is 0.383 e. The van der Waals surface area contributed by atoms with Crippen LogP contribution in [0.3, 0.4) is 0 Å². The molecule has 1 aliphatic heterocycles. The number of carbonyl (C=O) groups is 1. The highest BCUT2D eigenvalue weighted by molar-refractivity contribution is 5.94. The third kappa shape index (κ3) is 3.59. The summed E-state index contributed by atoms with van der Waals surface area (Å²) in [6.45, 7) is 5.40. The molecule has 8 nitrogen and oxygen atoms in total. The van der Waals surface area contributed by atoms with E-state index in [1.165, 1.54) is 0 Å². The first kappa shape index (κ1) is 17.6. The molecule has 0 aliphatic carbocycles. The van der Waals surface area contributed by atoms with Crippen molar-refractivity contribution in [1.82, 2.24) is 24.9 Å². The number of ether oxygens (including phenoxy) is 2. The fraction of sp³-hybridized carbons (Fsp3) is 0.588. The van der Waals surface area contributed by atoms with Gasteiger partial charge in [-0.3, -0.25) is 14.6 Å². The van der Waals surface area contributed by atoms with E-state index in [2.05, 4.69) is 15.3 Å². The molecule has 2 aromatic rings. The van der Waals surface area contributed by atoms with Crippen molar-refractivity contribution >= 4 is 5.91 Å². The van der Waals surface area contributed by atoms with Crippen molar-refractivity contribution in [3.05, 3.63) is 34.9 Å². The third-order valence-corrected chi connectivity index (χ3v) is 4.56. The molecule has 0 aromatic carbocycles. The molecule has 136 valence electrons. The van der Waals surface area contributed by atoms with E-state index in [0.29, 0.717) is 31.8 Å². The number of aromatic nitrogens is 4. The van der Waals surface area contributed by atoms with Crippen molar-refractivity contribution in [2.75, 3.05) is 20.3 Å². The van der Waals surface area contributed by atoms with Gasteiger partial charge in [-0.25, -0.2) is 0 Å². The number of rotatable bonds is 6. The number of aryl methyl sites for hydroxylation is 1. The average Bonchev–Trinajstić information content (AvgIpc) is 3.17. The molecule has 0 unspecified atom stereocenters. The molecule has 3 rings (SSSR count). The lowest BCUT2D eigenvalue weighted by molar-refractivity contribution is -0.00703. The van der Waals surface area contributed by atoms with E-state index in [9.17, 15) is 4.79 Å². The second-order valence-corrected chi connectivity index (χ2v) is 6.42. The number of hydrogen-bond acceptors (Lipinski definition) is 5. The van der Waals surface area contributed by atoms with E-state index < -0.39 is 0 Å². The monoisotopic (exact) mass is 347 g/mol. The summed E-state index contributed by atoms with van der Waals surface area (Å²) in [7, 11) is 3.50. The Morgan fingerprint density at radius 2 is 2.32 bits per heavy atom.